The number of hydrogen-bond donors (Lipinski definition) is 2. The van der Waals surface area contributed by atoms with Gasteiger partial charge in [-0.3, -0.25) is 10.2 Å². The van der Waals surface area contributed by atoms with Crippen LogP contribution in [-0.4, -0.2) is 42.1 Å². The van der Waals surface area contributed by atoms with Gasteiger partial charge in [-0.15, -0.1) is 0 Å². The molecule has 7 nitrogen and oxygen atoms in total. The first-order chi connectivity index (χ1) is 10.1. The minimum absolute atomic E-state index is 0.134. The number of aliphatic hydroxyl groups is 1. The van der Waals surface area contributed by atoms with Crippen molar-refractivity contribution in [2.75, 3.05) is 18.2 Å². The summed E-state index contributed by atoms with van der Waals surface area (Å²) in [6, 6.07) is 5.37. The van der Waals surface area contributed by atoms with Crippen molar-refractivity contribution in [3.8, 4) is 0 Å². The fourth-order valence-corrected chi connectivity index (χ4v) is 1.87. The number of anilines is 1. The molecular weight excluding hydrogens is 298 g/mol. The zero-order chi connectivity index (χ0) is 15.4. The van der Waals surface area contributed by atoms with Crippen molar-refractivity contribution in [1.82, 2.24) is 5.43 Å². The fourth-order valence-electron chi connectivity index (χ4n) is 1.75. The number of rotatable bonds is 4. The lowest BCUT2D eigenvalue weighted by Crippen LogP contribution is -2.57. The molecule has 112 valence electrons. The molecule has 2 N–H and O–H groups in total. The molecule has 21 heavy (non-hydrogen) atoms. The van der Waals surface area contributed by atoms with Crippen LogP contribution in [0, 0.1) is 0 Å². The van der Waals surface area contributed by atoms with E-state index in [1.807, 2.05) is 0 Å². The molecule has 1 aromatic carbocycles. The summed E-state index contributed by atoms with van der Waals surface area (Å²) in [5, 5.41) is 10.9. The van der Waals surface area contributed by atoms with Gasteiger partial charge in [0.1, 0.15) is 0 Å². The van der Waals surface area contributed by atoms with Gasteiger partial charge < -0.3 is 9.84 Å². The largest absolute Gasteiger partial charge is 0.460 e. The monoisotopic (exact) mass is 311 g/mol. The topological polar surface area (TPSA) is 91.2 Å². The average molecular weight is 312 g/mol. The van der Waals surface area contributed by atoms with Crippen molar-refractivity contribution in [3.05, 3.63) is 29.3 Å². The number of ether oxygens (including phenoxy) is 1. The predicted molar refractivity (Wildman–Crippen MR) is 77.0 cm³/mol. The van der Waals surface area contributed by atoms with E-state index in [1.165, 1.54) is 0 Å². The number of amidine groups is 1. The van der Waals surface area contributed by atoms with E-state index in [-0.39, 0.29) is 12.4 Å². The molecule has 0 radical (unpaired) electrons. The Morgan fingerprint density at radius 1 is 1.48 bits per heavy atom. The Bertz CT molecular complexity index is 573. The number of carbonyl (C=O) groups excluding carboxylic acids is 2. The number of hydrazine groups is 1. The second-order valence-electron chi connectivity index (χ2n) is 4.16. The molecule has 8 heteroatoms. The Hall–Kier alpha value is -2.12. The first kappa shape index (κ1) is 15.3. The highest BCUT2D eigenvalue weighted by molar-refractivity contribution is 6.37. The predicted octanol–water partition coefficient (Wildman–Crippen LogP) is 0.514. The number of aliphatic hydroxyl groups excluding tert-OH is 1. The van der Waals surface area contributed by atoms with Crippen molar-refractivity contribution < 1.29 is 19.4 Å². The van der Waals surface area contributed by atoms with Gasteiger partial charge in [0.25, 0.3) is 5.91 Å². The van der Waals surface area contributed by atoms with E-state index in [2.05, 4.69) is 10.4 Å². The Balaban J connectivity index is 2.30. The highest BCUT2D eigenvalue weighted by Crippen LogP contribution is 2.19. The average Bonchev–Trinajstić information content (AvgIpc) is 2.48. The Labute approximate surface area is 126 Å². The molecule has 1 aliphatic rings. The van der Waals surface area contributed by atoms with Crippen molar-refractivity contribution in [3.63, 3.8) is 0 Å². The molecule has 0 bridgehead atoms. The van der Waals surface area contributed by atoms with Crippen LogP contribution in [0.1, 0.15) is 6.92 Å². The van der Waals surface area contributed by atoms with E-state index in [1.54, 1.807) is 31.2 Å². The number of esters is 1. The molecular formula is C13H14ClN3O4. The van der Waals surface area contributed by atoms with Crippen molar-refractivity contribution in [1.29, 1.82) is 0 Å². The van der Waals surface area contributed by atoms with Crippen LogP contribution < -0.4 is 10.4 Å². The molecule has 1 aromatic rings. The van der Waals surface area contributed by atoms with Crippen LogP contribution in [0.25, 0.3) is 0 Å². The second kappa shape index (κ2) is 6.55. The molecule has 1 unspecified atom stereocenters. The summed E-state index contributed by atoms with van der Waals surface area (Å²) in [4.78, 5) is 27.8. The maximum absolute atomic E-state index is 12.2. The van der Waals surface area contributed by atoms with Crippen molar-refractivity contribution >= 4 is 35.0 Å². The van der Waals surface area contributed by atoms with Crippen LogP contribution in [0.4, 0.5) is 5.69 Å². The van der Waals surface area contributed by atoms with Gasteiger partial charge >= 0.3 is 5.97 Å². The summed E-state index contributed by atoms with van der Waals surface area (Å²) in [6.07, 6.45) is 0. The smallest absolute Gasteiger partial charge is 0.375 e. The first-order valence-electron chi connectivity index (χ1n) is 6.28. The van der Waals surface area contributed by atoms with Crippen molar-refractivity contribution in [2.24, 2.45) is 4.99 Å². The van der Waals surface area contributed by atoms with Crippen molar-refractivity contribution in [2.45, 2.75) is 13.0 Å². The molecule has 1 heterocycles. The number of nitrogens with zero attached hydrogens (tertiary/aromatic N) is 2. The van der Waals surface area contributed by atoms with Gasteiger partial charge in [0, 0.05) is 5.02 Å². The van der Waals surface area contributed by atoms with Crippen LogP contribution in [-0.2, 0) is 14.3 Å². The van der Waals surface area contributed by atoms with Crippen LogP contribution in [0.5, 0.6) is 0 Å². The zero-order valence-electron chi connectivity index (χ0n) is 11.2. The molecule has 0 aromatic heterocycles. The Kier molecular flexibility index (Phi) is 4.77. The standard InChI is InChI=1S/C13H14ClN3O4/c1-2-21-13(20)11-15-10(7-18)12(19)17(16-11)9-5-3-8(14)4-6-9/h3-6,10,18H,2,7H2,1H3,(H,15,16). The van der Waals surface area contributed by atoms with E-state index in [4.69, 9.17) is 16.3 Å². The minimum atomic E-state index is -1.05. The van der Waals surface area contributed by atoms with Gasteiger partial charge in [0.05, 0.1) is 18.9 Å². The van der Waals surface area contributed by atoms with Crippen LogP contribution in [0.3, 0.4) is 0 Å². The van der Waals surface area contributed by atoms with Crippen LogP contribution >= 0.6 is 11.6 Å². The molecule has 0 aliphatic carbocycles. The Morgan fingerprint density at radius 2 is 2.14 bits per heavy atom. The molecule has 1 amide bonds. The summed E-state index contributed by atoms with van der Waals surface area (Å²) in [7, 11) is 0. The molecule has 1 aliphatic heterocycles. The maximum Gasteiger partial charge on any atom is 0.375 e. The molecule has 0 saturated heterocycles. The SMILES string of the molecule is CCOC(=O)C1=NC(CO)C(=O)N(c2ccc(Cl)cc2)N1. The highest BCUT2D eigenvalue weighted by atomic mass is 35.5. The summed E-state index contributed by atoms with van der Waals surface area (Å²) < 4.78 is 4.84. The maximum atomic E-state index is 12.2. The number of carbonyl (C=O) groups is 2. The lowest BCUT2D eigenvalue weighted by atomic mass is 10.2. The molecule has 0 spiro atoms. The second-order valence-corrected chi connectivity index (χ2v) is 4.59. The van der Waals surface area contributed by atoms with Crippen LogP contribution in [0.15, 0.2) is 29.3 Å². The minimum Gasteiger partial charge on any atom is -0.460 e. The van der Waals surface area contributed by atoms with E-state index in [0.717, 1.165) is 5.01 Å². The van der Waals surface area contributed by atoms with Gasteiger partial charge in [-0.1, -0.05) is 11.6 Å². The van der Waals surface area contributed by atoms with E-state index < -0.39 is 24.5 Å². The fraction of sp³-hybridized carbons (Fsp3) is 0.308. The number of halogens is 1. The summed E-state index contributed by atoms with van der Waals surface area (Å²) in [6.45, 7) is 1.33. The molecule has 1 atom stereocenters. The summed E-state index contributed by atoms with van der Waals surface area (Å²) >= 11 is 5.80. The van der Waals surface area contributed by atoms with Gasteiger partial charge in [-0.2, -0.15) is 0 Å². The third-order valence-corrected chi connectivity index (χ3v) is 2.99. The lowest BCUT2D eigenvalue weighted by molar-refractivity contribution is -0.135. The zero-order valence-corrected chi connectivity index (χ0v) is 12.0. The third kappa shape index (κ3) is 3.32. The number of amides is 1. The summed E-state index contributed by atoms with van der Waals surface area (Å²) in [5.41, 5.74) is 3.06. The van der Waals surface area contributed by atoms with Gasteiger partial charge in [-0.05, 0) is 31.2 Å². The lowest BCUT2D eigenvalue weighted by Gasteiger charge is -2.30. The quantitative estimate of drug-likeness (QED) is 0.791. The van der Waals surface area contributed by atoms with E-state index in [0.29, 0.717) is 10.7 Å². The van der Waals surface area contributed by atoms with E-state index >= 15 is 0 Å². The molecule has 2 rings (SSSR count). The normalized spacial score (nSPS) is 18.0. The van der Waals surface area contributed by atoms with Gasteiger partial charge in [-0.25, -0.2) is 14.8 Å². The number of aliphatic imine (C=N–C) groups is 1. The summed E-state index contributed by atoms with van der Waals surface area (Å²) in [5.74, 6) is -1.30. The van der Waals surface area contributed by atoms with E-state index in [9.17, 15) is 14.7 Å². The number of hydrogen-bond acceptors (Lipinski definition) is 6. The molecule has 0 fully saturated rings. The molecule has 0 saturated carbocycles. The number of benzene rings is 1. The third-order valence-electron chi connectivity index (χ3n) is 2.73. The van der Waals surface area contributed by atoms with Crippen LogP contribution in [0.2, 0.25) is 5.02 Å². The van der Waals surface area contributed by atoms with Gasteiger partial charge in [0.2, 0.25) is 5.84 Å². The first-order valence-corrected chi connectivity index (χ1v) is 6.66. The number of nitrogens with one attached hydrogen (secondary N) is 1. The highest BCUT2D eigenvalue weighted by Gasteiger charge is 2.33. The Morgan fingerprint density at radius 3 is 2.71 bits per heavy atom. The van der Waals surface area contributed by atoms with Gasteiger partial charge in [0.15, 0.2) is 6.04 Å².